The highest BCUT2D eigenvalue weighted by Crippen LogP contribution is 2.23. The molecule has 0 aliphatic heterocycles. The second kappa shape index (κ2) is 6.09. The summed E-state index contributed by atoms with van der Waals surface area (Å²) in [5.41, 5.74) is 1.50. The van der Waals surface area contributed by atoms with Crippen molar-refractivity contribution in [3.8, 4) is 0 Å². The molecule has 0 spiro atoms. The molecule has 0 heterocycles. The van der Waals surface area contributed by atoms with E-state index in [2.05, 4.69) is 43.5 Å². The minimum atomic E-state index is 0.758. The summed E-state index contributed by atoms with van der Waals surface area (Å²) in [5.74, 6) is 2.03. The molecule has 0 N–H and O–H groups in total. The number of hydrogen-bond donors (Lipinski definition) is 0. The highest BCUT2D eigenvalue weighted by Gasteiger charge is 2.07. The largest absolute Gasteiger partial charge is 0.165 e. The third kappa shape index (κ3) is 3.43. The van der Waals surface area contributed by atoms with Crippen molar-refractivity contribution in [2.75, 3.05) is 12.0 Å². The Bertz CT molecular complexity index is 218. The molecule has 1 atom stereocenters. The predicted octanol–water partition coefficient (Wildman–Crippen LogP) is 3.93. The third-order valence-electron chi connectivity index (χ3n) is 2.43. The molecule has 1 heteroatoms. The molecular formula is C12H18S. The Kier molecular flexibility index (Phi) is 4.99. The first-order valence-corrected chi connectivity index (χ1v) is 6.31. The lowest BCUT2D eigenvalue weighted by atomic mass is 9.94. The molecule has 1 aromatic carbocycles. The Labute approximate surface area is 85.7 Å². The van der Waals surface area contributed by atoms with Gasteiger partial charge in [0.25, 0.3) is 0 Å². The normalized spacial score (nSPS) is 12.8. The first-order chi connectivity index (χ1) is 6.38. The summed E-state index contributed by atoms with van der Waals surface area (Å²) < 4.78 is 0. The highest BCUT2D eigenvalue weighted by atomic mass is 32.2. The molecule has 1 aromatic rings. The van der Waals surface area contributed by atoms with Crippen LogP contribution >= 0.6 is 11.8 Å². The zero-order valence-electron chi connectivity index (χ0n) is 8.49. The molecule has 1 rings (SSSR count). The Balaban J connectivity index is 2.56. The zero-order chi connectivity index (χ0) is 9.52. The van der Waals surface area contributed by atoms with Crippen LogP contribution in [0.2, 0.25) is 0 Å². The van der Waals surface area contributed by atoms with Gasteiger partial charge in [0, 0.05) is 0 Å². The Morgan fingerprint density at radius 1 is 1.23 bits per heavy atom. The van der Waals surface area contributed by atoms with E-state index in [1.54, 1.807) is 0 Å². The fraction of sp³-hybridized carbons (Fsp3) is 0.500. The molecule has 1 unspecified atom stereocenters. The van der Waals surface area contributed by atoms with Gasteiger partial charge in [0.2, 0.25) is 0 Å². The zero-order valence-corrected chi connectivity index (χ0v) is 9.31. The molecule has 13 heavy (non-hydrogen) atoms. The lowest BCUT2D eigenvalue weighted by molar-refractivity contribution is 0.647. The second-order valence-electron chi connectivity index (χ2n) is 3.30. The summed E-state index contributed by atoms with van der Waals surface area (Å²) in [6, 6.07) is 10.8. The van der Waals surface area contributed by atoms with E-state index in [1.165, 1.54) is 24.2 Å². The van der Waals surface area contributed by atoms with Crippen molar-refractivity contribution in [3.05, 3.63) is 35.9 Å². The summed E-state index contributed by atoms with van der Waals surface area (Å²) in [5, 5.41) is 0. The number of hydrogen-bond acceptors (Lipinski definition) is 1. The molecule has 0 radical (unpaired) electrons. The van der Waals surface area contributed by atoms with Crippen molar-refractivity contribution in [2.45, 2.75) is 25.7 Å². The van der Waals surface area contributed by atoms with E-state index in [1.807, 2.05) is 11.8 Å². The number of thioether (sulfide) groups is 1. The van der Waals surface area contributed by atoms with Gasteiger partial charge in [0.1, 0.15) is 0 Å². The van der Waals surface area contributed by atoms with Gasteiger partial charge >= 0.3 is 0 Å². The first-order valence-electron chi connectivity index (χ1n) is 4.92. The van der Waals surface area contributed by atoms with E-state index in [0.717, 1.165) is 5.92 Å². The fourth-order valence-electron chi connectivity index (χ4n) is 1.59. The molecule has 0 saturated heterocycles. The van der Waals surface area contributed by atoms with Crippen molar-refractivity contribution in [3.63, 3.8) is 0 Å². The van der Waals surface area contributed by atoms with Gasteiger partial charge in [0.15, 0.2) is 0 Å². The maximum atomic E-state index is 2.28. The molecule has 0 aliphatic carbocycles. The van der Waals surface area contributed by atoms with Crippen LogP contribution in [0.5, 0.6) is 0 Å². The highest BCUT2D eigenvalue weighted by molar-refractivity contribution is 7.98. The van der Waals surface area contributed by atoms with Crippen molar-refractivity contribution in [2.24, 2.45) is 0 Å². The Hall–Kier alpha value is -0.430. The van der Waals surface area contributed by atoms with E-state index < -0.39 is 0 Å². The lowest BCUT2D eigenvalue weighted by Gasteiger charge is -2.14. The average Bonchev–Trinajstić information content (AvgIpc) is 2.21. The van der Waals surface area contributed by atoms with Crippen LogP contribution in [-0.2, 0) is 0 Å². The van der Waals surface area contributed by atoms with E-state index >= 15 is 0 Å². The first kappa shape index (κ1) is 10.6. The van der Waals surface area contributed by atoms with Gasteiger partial charge < -0.3 is 0 Å². The summed E-state index contributed by atoms with van der Waals surface area (Å²) in [6.45, 7) is 2.28. The van der Waals surface area contributed by atoms with Crippen molar-refractivity contribution >= 4 is 11.8 Å². The number of rotatable bonds is 5. The van der Waals surface area contributed by atoms with Gasteiger partial charge in [0.05, 0.1) is 0 Å². The van der Waals surface area contributed by atoms with Crippen molar-refractivity contribution in [1.29, 1.82) is 0 Å². The molecule has 0 saturated carbocycles. The van der Waals surface area contributed by atoms with Gasteiger partial charge in [-0.3, -0.25) is 0 Å². The lowest BCUT2D eigenvalue weighted by Crippen LogP contribution is -1.98. The van der Waals surface area contributed by atoms with Crippen molar-refractivity contribution < 1.29 is 0 Å². The minimum Gasteiger partial charge on any atom is -0.165 e. The van der Waals surface area contributed by atoms with Gasteiger partial charge in [-0.25, -0.2) is 0 Å². The van der Waals surface area contributed by atoms with Crippen LogP contribution in [0, 0.1) is 0 Å². The molecule has 0 nitrogen and oxygen atoms in total. The van der Waals surface area contributed by atoms with Crippen LogP contribution in [0.3, 0.4) is 0 Å². The molecular weight excluding hydrogens is 176 g/mol. The van der Waals surface area contributed by atoms with E-state index in [4.69, 9.17) is 0 Å². The van der Waals surface area contributed by atoms with Gasteiger partial charge in [-0.05, 0) is 36.3 Å². The van der Waals surface area contributed by atoms with Crippen LogP contribution in [0.1, 0.15) is 31.2 Å². The molecule has 72 valence electrons. The minimum absolute atomic E-state index is 0.758. The average molecular weight is 194 g/mol. The standard InChI is InChI=1S/C12H18S/c1-3-11(9-10-13-2)12-7-5-4-6-8-12/h4-8,11H,3,9-10H2,1-2H3. The van der Waals surface area contributed by atoms with E-state index in [0.29, 0.717) is 0 Å². The molecule has 0 aliphatic rings. The fourth-order valence-corrected chi connectivity index (χ4v) is 2.11. The van der Waals surface area contributed by atoms with Gasteiger partial charge in [-0.2, -0.15) is 11.8 Å². The quantitative estimate of drug-likeness (QED) is 0.684. The van der Waals surface area contributed by atoms with Crippen molar-refractivity contribution in [1.82, 2.24) is 0 Å². The van der Waals surface area contributed by atoms with Crippen LogP contribution < -0.4 is 0 Å². The SMILES string of the molecule is CCC(CCSC)c1ccccc1. The Morgan fingerprint density at radius 2 is 1.92 bits per heavy atom. The number of benzene rings is 1. The maximum Gasteiger partial charge on any atom is -0.00645 e. The van der Waals surface area contributed by atoms with E-state index in [-0.39, 0.29) is 0 Å². The summed E-state index contributed by atoms with van der Waals surface area (Å²) in [4.78, 5) is 0. The third-order valence-corrected chi connectivity index (χ3v) is 3.08. The summed E-state index contributed by atoms with van der Waals surface area (Å²) in [6.07, 6.45) is 4.74. The van der Waals surface area contributed by atoms with E-state index in [9.17, 15) is 0 Å². The monoisotopic (exact) mass is 194 g/mol. The topological polar surface area (TPSA) is 0 Å². The maximum absolute atomic E-state index is 2.28. The summed E-state index contributed by atoms with van der Waals surface area (Å²) >= 11 is 1.94. The second-order valence-corrected chi connectivity index (χ2v) is 4.28. The molecule has 0 bridgehead atoms. The smallest absolute Gasteiger partial charge is 0.00645 e. The molecule has 0 amide bonds. The van der Waals surface area contributed by atoms with Crippen LogP contribution in [0.25, 0.3) is 0 Å². The molecule has 0 fully saturated rings. The molecule has 0 aromatic heterocycles. The van der Waals surface area contributed by atoms with Crippen LogP contribution in [0.4, 0.5) is 0 Å². The van der Waals surface area contributed by atoms with Gasteiger partial charge in [-0.15, -0.1) is 0 Å². The Morgan fingerprint density at radius 3 is 2.46 bits per heavy atom. The summed E-state index contributed by atoms with van der Waals surface area (Å²) in [7, 11) is 0. The van der Waals surface area contributed by atoms with Crippen LogP contribution in [-0.4, -0.2) is 12.0 Å². The van der Waals surface area contributed by atoms with Gasteiger partial charge in [-0.1, -0.05) is 37.3 Å². The van der Waals surface area contributed by atoms with Crippen LogP contribution in [0.15, 0.2) is 30.3 Å². The predicted molar refractivity (Wildman–Crippen MR) is 62.5 cm³/mol.